The van der Waals surface area contributed by atoms with Crippen LogP contribution in [0.1, 0.15) is 36.6 Å². The Labute approximate surface area is 197 Å². The molecule has 5 rings (SSSR count). The van der Waals surface area contributed by atoms with Gasteiger partial charge in [0, 0.05) is 41.8 Å². The van der Waals surface area contributed by atoms with Crippen molar-refractivity contribution in [3.05, 3.63) is 70.9 Å². The lowest BCUT2D eigenvalue weighted by atomic mass is 9.78. The van der Waals surface area contributed by atoms with Gasteiger partial charge in [0.2, 0.25) is 5.91 Å². The van der Waals surface area contributed by atoms with Crippen molar-refractivity contribution in [3.8, 4) is 11.5 Å². The van der Waals surface area contributed by atoms with Crippen molar-refractivity contribution in [2.24, 2.45) is 0 Å². The van der Waals surface area contributed by atoms with Crippen molar-refractivity contribution in [1.29, 1.82) is 0 Å². The summed E-state index contributed by atoms with van der Waals surface area (Å²) in [6.45, 7) is 1.79. The monoisotopic (exact) mass is 486 g/mol. The van der Waals surface area contributed by atoms with Crippen LogP contribution in [0.15, 0.2) is 49.1 Å². The topological polar surface area (TPSA) is 85.1 Å². The number of anilines is 1. The van der Waals surface area contributed by atoms with Gasteiger partial charge in [-0.25, -0.2) is 19.9 Å². The molecule has 4 aromatic rings. The highest BCUT2D eigenvalue weighted by atomic mass is 35.5. The van der Waals surface area contributed by atoms with Crippen molar-refractivity contribution in [3.63, 3.8) is 0 Å². The third-order valence-electron chi connectivity index (χ3n) is 5.98. The fourth-order valence-corrected chi connectivity index (χ4v) is 4.25. The molecule has 7 nitrogen and oxygen atoms in total. The zero-order valence-corrected chi connectivity index (χ0v) is 18.7. The van der Waals surface area contributed by atoms with Gasteiger partial charge in [-0.05, 0) is 37.5 Å². The number of hydrogen-bond acceptors (Lipinski definition) is 5. The Bertz CT molecular complexity index is 1400. The van der Waals surface area contributed by atoms with E-state index < -0.39 is 18.0 Å². The number of imidazole rings is 1. The molecular formula is C23H18ClF3N6O. The summed E-state index contributed by atoms with van der Waals surface area (Å²) in [4.78, 5) is 30.6. The van der Waals surface area contributed by atoms with Crippen molar-refractivity contribution in [2.45, 2.75) is 37.8 Å². The number of rotatable bonds is 5. The van der Waals surface area contributed by atoms with E-state index >= 15 is 0 Å². The number of aromatic nitrogens is 5. The summed E-state index contributed by atoms with van der Waals surface area (Å²) in [5, 5.41) is 3.37. The number of carbonyl (C=O) groups is 1. The Morgan fingerprint density at radius 3 is 2.65 bits per heavy atom. The van der Waals surface area contributed by atoms with Crippen LogP contribution >= 0.6 is 11.6 Å². The summed E-state index contributed by atoms with van der Waals surface area (Å²) in [5.41, 5.74) is 1.63. The molecule has 1 amide bonds. The van der Waals surface area contributed by atoms with Crippen LogP contribution in [-0.2, 0) is 16.6 Å². The molecule has 1 aromatic carbocycles. The van der Waals surface area contributed by atoms with Crippen LogP contribution < -0.4 is 5.32 Å². The van der Waals surface area contributed by atoms with Gasteiger partial charge < -0.3 is 9.72 Å². The Hall–Kier alpha value is -3.53. The van der Waals surface area contributed by atoms with E-state index in [1.165, 1.54) is 0 Å². The second kappa shape index (κ2) is 8.05. The van der Waals surface area contributed by atoms with Gasteiger partial charge in [0.25, 0.3) is 0 Å². The number of aryl methyl sites for hydroxylation is 1. The molecule has 0 spiro atoms. The first kappa shape index (κ1) is 22.3. The van der Waals surface area contributed by atoms with E-state index in [0.29, 0.717) is 33.4 Å². The Morgan fingerprint density at radius 1 is 1.15 bits per heavy atom. The maximum absolute atomic E-state index is 12.9. The van der Waals surface area contributed by atoms with E-state index in [0.717, 1.165) is 5.56 Å². The van der Waals surface area contributed by atoms with Gasteiger partial charge in [-0.1, -0.05) is 23.7 Å². The van der Waals surface area contributed by atoms with Gasteiger partial charge in [-0.3, -0.25) is 4.79 Å². The zero-order chi connectivity index (χ0) is 24.1. The van der Waals surface area contributed by atoms with Gasteiger partial charge in [0.15, 0.2) is 11.5 Å². The first-order chi connectivity index (χ1) is 16.1. The maximum Gasteiger partial charge on any atom is 0.389 e. The molecular weight excluding hydrogens is 469 g/mol. The zero-order valence-electron chi connectivity index (χ0n) is 17.9. The van der Waals surface area contributed by atoms with Crippen LogP contribution in [0.4, 0.5) is 19.0 Å². The molecule has 1 N–H and O–H groups in total. The molecule has 0 saturated carbocycles. The predicted molar refractivity (Wildman–Crippen MR) is 120 cm³/mol. The van der Waals surface area contributed by atoms with Crippen LogP contribution in [0.25, 0.3) is 17.2 Å². The molecule has 0 bridgehead atoms. The molecule has 1 aliphatic rings. The molecule has 0 aliphatic carbocycles. The smallest absolute Gasteiger partial charge is 0.309 e. The molecule has 0 saturated heterocycles. The van der Waals surface area contributed by atoms with E-state index in [1.807, 2.05) is 0 Å². The molecule has 1 atom stereocenters. The summed E-state index contributed by atoms with van der Waals surface area (Å²) >= 11 is 5.99. The van der Waals surface area contributed by atoms with E-state index in [1.54, 1.807) is 60.4 Å². The lowest BCUT2D eigenvalue weighted by Gasteiger charge is -2.22. The largest absolute Gasteiger partial charge is 0.389 e. The molecule has 174 valence electrons. The van der Waals surface area contributed by atoms with Crippen molar-refractivity contribution >= 4 is 29.0 Å². The number of amides is 1. The Balaban J connectivity index is 1.51. The molecule has 34 heavy (non-hydrogen) atoms. The van der Waals surface area contributed by atoms with E-state index in [-0.39, 0.29) is 24.6 Å². The van der Waals surface area contributed by atoms with Gasteiger partial charge in [-0.2, -0.15) is 13.2 Å². The van der Waals surface area contributed by atoms with E-state index in [4.69, 9.17) is 11.6 Å². The third kappa shape index (κ3) is 3.87. The highest BCUT2D eigenvalue weighted by Gasteiger charge is 2.45. The number of alkyl halides is 3. The summed E-state index contributed by atoms with van der Waals surface area (Å²) in [6.07, 6.45) is 1.32. The van der Waals surface area contributed by atoms with Crippen LogP contribution in [-0.4, -0.2) is 36.4 Å². The normalized spacial score (nSPS) is 17.7. The molecule has 4 heterocycles. The Kier molecular flexibility index (Phi) is 5.27. The van der Waals surface area contributed by atoms with Gasteiger partial charge >= 0.3 is 6.18 Å². The number of nitrogens with zero attached hydrogens (tertiary/aromatic N) is 5. The van der Waals surface area contributed by atoms with Crippen molar-refractivity contribution in [2.75, 3.05) is 5.32 Å². The van der Waals surface area contributed by atoms with Gasteiger partial charge in [0.1, 0.15) is 16.9 Å². The van der Waals surface area contributed by atoms with Crippen molar-refractivity contribution < 1.29 is 18.0 Å². The van der Waals surface area contributed by atoms with E-state index in [2.05, 4.69) is 25.3 Å². The number of fused-ring (bicyclic) bond motifs is 2. The maximum atomic E-state index is 12.9. The molecule has 11 heteroatoms. The average molecular weight is 487 g/mol. The number of hydrogen-bond donors (Lipinski definition) is 1. The SMILES string of the molecule is CC1(c2ccc(Cl)cc2)C(=O)Nc2nc(-c3cn4ccnc4c(CCCC(F)(F)F)n3)ncc21. The minimum absolute atomic E-state index is 0.101. The van der Waals surface area contributed by atoms with Gasteiger partial charge in [-0.15, -0.1) is 0 Å². The fraction of sp³-hybridized carbons (Fsp3) is 0.261. The second-order valence-electron chi connectivity index (χ2n) is 8.24. The highest BCUT2D eigenvalue weighted by Crippen LogP contribution is 2.42. The van der Waals surface area contributed by atoms with Crippen LogP contribution in [0, 0.1) is 0 Å². The number of nitrogens with one attached hydrogen (secondary N) is 1. The number of halogens is 4. The van der Waals surface area contributed by atoms with Gasteiger partial charge in [0.05, 0.1) is 5.69 Å². The van der Waals surface area contributed by atoms with Crippen molar-refractivity contribution in [1.82, 2.24) is 24.3 Å². The minimum atomic E-state index is -4.23. The van der Waals surface area contributed by atoms with Crippen LogP contribution in [0.3, 0.4) is 0 Å². The fourth-order valence-electron chi connectivity index (χ4n) is 4.12. The highest BCUT2D eigenvalue weighted by molar-refractivity contribution is 6.30. The standard InChI is InChI=1S/C23H18ClF3N6O/c1-22(13-4-6-14(24)7-5-13)15-11-29-19(31-18(15)32-21(22)34)17-12-33-10-9-28-20(33)16(30-17)3-2-8-23(25,26)27/h4-7,9-12H,2-3,8H2,1H3,(H,29,31,32,34). The molecule has 1 unspecified atom stereocenters. The number of carbonyl (C=O) groups excluding carboxylic acids is 1. The second-order valence-corrected chi connectivity index (χ2v) is 8.68. The number of benzene rings is 1. The summed E-state index contributed by atoms with van der Waals surface area (Å²) in [6, 6.07) is 7.00. The average Bonchev–Trinajstić information content (AvgIpc) is 3.36. The molecule has 3 aromatic heterocycles. The third-order valence-corrected chi connectivity index (χ3v) is 6.23. The lowest BCUT2D eigenvalue weighted by Crippen LogP contribution is -2.32. The molecule has 0 radical (unpaired) electrons. The lowest BCUT2D eigenvalue weighted by molar-refractivity contribution is -0.135. The quantitative estimate of drug-likeness (QED) is 0.430. The predicted octanol–water partition coefficient (Wildman–Crippen LogP) is 4.98. The van der Waals surface area contributed by atoms with E-state index in [9.17, 15) is 18.0 Å². The van der Waals surface area contributed by atoms with Crippen LogP contribution in [0.2, 0.25) is 5.02 Å². The summed E-state index contributed by atoms with van der Waals surface area (Å²) in [5.74, 6) is 0.354. The van der Waals surface area contributed by atoms with Crippen LogP contribution in [0.5, 0.6) is 0 Å². The summed E-state index contributed by atoms with van der Waals surface area (Å²) < 4.78 is 39.5. The molecule has 1 aliphatic heterocycles. The molecule has 0 fully saturated rings. The first-order valence-electron chi connectivity index (χ1n) is 10.5. The Morgan fingerprint density at radius 2 is 1.91 bits per heavy atom. The summed E-state index contributed by atoms with van der Waals surface area (Å²) in [7, 11) is 0. The minimum Gasteiger partial charge on any atom is -0.309 e. The first-order valence-corrected chi connectivity index (χ1v) is 10.9.